The van der Waals surface area contributed by atoms with Crippen molar-refractivity contribution in [2.24, 2.45) is 0 Å². The van der Waals surface area contributed by atoms with Gasteiger partial charge in [0, 0.05) is 23.3 Å². The van der Waals surface area contributed by atoms with Gasteiger partial charge in [0.1, 0.15) is 5.75 Å². The minimum atomic E-state index is -0.138. The van der Waals surface area contributed by atoms with Crippen LogP contribution in [-0.2, 0) is 17.6 Å². The predicted molar refractivity (Wildman–Crippen MR) is 108 cm³/mol. The number of hydrogen-bond acceptors (Lipinski definition) is 5. The van der Waals surface area contributed by atoms with Crippen molar-refractivity contribution in [3.05, 3.63) is 51.4 Å². The molecule has 1 unspecified atom stereocenters. The van der Waals surface area contributed by atoms with E-state index in [0.29, 0.717) is 5.75 Å². The van der Waals surface area contributed by atoms with Crippen LogP contribution in [0.2, 0.25) is 0 Å². The van der Waals surface area contributed by atoms with E-state index in [1.165, 1.54) is 0 Å². The average Bonchev–Trinajstić information content (AvgIpc) is 3.33. The summed E-state index contributed by atoms with van der Waals surface area (Å²) < 4.78 is 6.83. The van der Waals surface area contributed by atoms with E-state index in [1.54, 1.807) is 23.4 Å². The van der Waals surface area contributed by atoms with Gasteiger partial charge in [-0.05, 0) is 43.5 Å². The highest BCUT2D eigenvalue weighted by atomic mass is 32.2. The van der Waals surface area contributed by atoms with Crippen molar-refractivity contribution in [3.8, 4) is 17.6 Å². The number of carbonyl (C=O) groups is 1. The van der Waals surface area contributed by atoms with Gasteiger partial charge in [-0.3, -0.25) is 14.2 Å². The van der Waals surface area contributed by atoms with Gasteiger partial charge in [0.2, 0.25) is 5.91 Å². The second-order valence-corrected chi connectivity index (χ2v) is 7.81. The summed E-state index contributed by atoms with van der Waals surface area (Å²) in [5.74, 6) is 7.34. The first kappa shape index (κ1) is 18.6. The van der Waals surface area contributed by atoms with Crippen molar-refractivity contribution in [3.63, 3.8) is 0 Å². The van der Waals surface area contributed by atoms with Gasteiger partial charge < -0.3 is 10.1 Å². The molecule has 144 valence electrons. The third kappa shape index (κ3) is 3.78. The van der Waals surface area contributed by atoms with Crippen LogP contribution in [0.25, 0.3) is 0 Å². The van der Waals surface area contributed by atoms with Gasteiger partial charge >= 0.3 is 0 Å². The molecular weight excluding hydrogens is 374 g/mol. The molecule has 0 spiro atoms. The number of aromatic nitrogens is 2. The Morgan fingerprint density at radius 3 is 2.96 bits per heavy atom. The number of nitrogens with zero attached hydrogens (tertiary/aromatic N) is 2. The quantitative estimate of drug-likeness (QED) is 0.633. The summed E-state index contributed by atoms with van der Waals surface area (Å²) in [5.41, 5.74) is 2.69. The molecule has 0 saturated carbocycles. The van der Waals surface area contributed by atoms with Gasteiger partial charge in [-0.25, -0.2) is 4.98 Å². The second-order valence-electron chi connectivity index (χ2n) is 6.82. The molecule has 1 aromatic carbocycles. The number of nitrogens with one attached hydrogen (secondary N) is 1. The SMILES string of the molecule is COc1ccc(C#CCNC(=O)CC2CSc3nc4c(c(=O)n32)CCC4)cc1. The molecule has 4 rings (SSSR count). The highest BCUT2D eigenvalue weighted by Crippen LogP contribution is 2.33. The van der Waals surface area contributed by atoms with Gasteiger partial charge in [0.15, 0.2) is 5.16 Å². The number of benzene rings is 1. The maximum absolute atomic E-state index is 12.8. The summed E-state index contributed by atoms with van der Waals surface area (Å²) in [6, 6.07) is 7.30. The lowest BCUT2D eigenvalue weighted by Gasteiger charge is -2.13. The number of hydrogen-bond donors (Lipinski definition) is 1. The predicted octanol–water partition coefficient (Wildman–Crippen LogP) is 1.95. The van der Waals surface area contributed by atoms with Crippen LogP contribution in [-0.4, -0.2) is 34.9 Å². The number of aryl methyl sites for hydroxylation is 1. The standard InChI is InChI=1S/C21H21N3O3S/c1-27-16-9-7-14(8-10-16)4-3-11-22-19(25)12-15-13-28-21-23-18-6-2-5-17(18)20(26)24(15)21/h7-10,15H,2,5-6,11-13H2,1H3,(H,22,25). The third-order valence-electron chi connectivity index (χ3n) is 4.99. The number of amides is 1. The molecule has 1 aliphatic carbocycles. The number of carbonyl (C=O) groups excluding carboxylic acids is 1. The summed E-state index contributed by atoms with van der Waals surface area (Å²) in [6.07, 6.45) is 2.94. The fraction of sp³-hybridized carbons (Fsp3) is 0.381. The van der Waals surface area contributed by atoms with Crippen LogP contribution in [0.1, 0.15) is 35.7 Å². The molecule has 1 aliphatic heterocycles. The molecule has 1 N–H and O–H groups in total. The summed E-state index contributed by atoms with van der Waals surface area (Å²) in [4.78, 5) is 29.7. The van der Waals surface area contributed by atoms with Crippen molar-refractivity contribution in [1.29, 1.82) is 0 Å². The fourth-order valence-corrected chi connectivity index (χ4v) is 4.71. The third-order valence-corrected chi connectivity index (χ3v) is 6.09. The van der Waals surface area contributed by atoms with Gasteiger partial charge in [-0.15, -0.1) is 0 Å². The van der Waals surface area contributed by atoms with Gasteiger partial charge in [0.05, 0.1) is 25.4 Å². The minimum absolute atomic E-state index is 0.0413. The molecule has 0 radical (unpaired) electrons. The summed E-state index contributed by atoms with van der Waals surface area (Å²) in [6.45, 7) is 0.273. The Morgan fingerprint density at radius 1 is 1.36 bits per heavy atom. The van der Waals surface area contributed by atoms with Crippen LogP contribution >= 0.6 is 11.8 Å². The molecule has 0 saturated heterocycles. The van der Waals surface area contributed by atoms with E-state index < -0.39 is 0 Å². The van der Waals surface area contributed by atoms with Crippen molar-refractivity contribution < 1.29 is 9.53 Å². The monoisotopic (exact) mass is 395 g/mol. The molecule has 2 aromatic rings. The minimum Gasteiger partial charge on any atom is -0.497 e. The molecule has 7 heteroatoms. The largest absolute Gasteiger partial charge is 0.497 e. The number of thioether (sulfide) groups is 1. The molecule has 1 amide bonds. The lowest BCUT2D eigenvalue weighted by atomic mass is 10.2. The first-order valence-corrected chi connectivity index (χ1v) is 10.3. The first-order valence-electron chi connectivity index (χ1n) is 9.32. The second kappa shape index (κ2) is 8.11. The maximum Gasteiger partial charge on any atom is 0.257 e. The van der Waals surface area contributed by atoms with Crippen LogP contribution in [0, 0.1) is 11.8 Å². The van der Waals surface area contributed by atoms with Gasteiger partial charge in [-0.1, -0.05) is 23.6 Å². The molecule has 2 heterocycles. The maximum atomic E-state index is 12.8. The Kier molecular flexibility index (Phi) is 5.40. The summed E-state index contributed by atoms with van der Waals surface area (Å²) in [5, 5.41) is 3.58. The molecule has 1 atom stereocenters. The number of rotatable bonds is 4. The van der Waals surface area contributed by atoms with E-state index in [-0.39, 0.29) is 30.5 Å². The van der Waals surface area contributed by atoms with E-state index >= 15 is 0 Å². The van der Waals surface area contributed by atoms with Crippen LogP contribution in [0.15, 0.2) is 34.2 Å². The van der Waals surface area contributed by atoms with E-state index in [9.17, 15) is 9.59 Å². The highest BCUT2D eigenvalue weighted by molar-refractivity contribution is 7.99. The molecule has 2 aliphatic rings. The lowest BCUT2D eigenvalue weighted by molar-refractivity contribution is -0.121. The normalized spacial score (nSPS) is 16.7. The molecule has 0 fully saturated rings. The Balaban J connectivity index is 1.35. The molecule has 6 nitrogen and oxygen atoms in total. The number of methoxy groups -OCH3 is 1. The van der Waals surface area contributed by atoms with Crippen LogP contribution in [0.3, 0.4) is 0 Å². The first-order chi connectivity index (χ1) is 13.7. The Labute approximate surface area is 167 Å². The van der Waals surface area contributed by atoms with Crippen molar-refractivity contribution in [2.75, 3.05) is 19.4 Å². The van der Waals surface area contributed by atoms with E-state index in [4.69, 9.17) is 4.74 Å². The van der Waals surface area contributed by atoms with Gasteiger partial charge in [0.25, 0.3) is 5.56 Å². The van der Waals surface area contributed by atoms with Crippen LogP contribution in [0.4, 0.5) is 0 Å². The molecule has 1 aromatic heterocycles. The zero-order chi connectivity index (χ0) is 19.5. The van der Waals surface area contributed by atoms with Crippen molar-refractivity contribution >= 4 is 17.7 Å². The van der Waals surface area contributed by atoms with Crippen LogP contribution < -0.4 is 15.6 Å². The Hall–Kier alpha value is -2.72. The summed E-state index contributed by atoms with van der Waals surface area (Å²) in [7, 11) is 1.62. The highest BCUT2D eigenvalue weighted by Gasteiger charge is 2.30. The van der Waals surface area contributed by atoms with E-state index in [0.717, 1.165) is 47.0 Å². The smallest absolute Gasteiger partial charge is 0.257 e. The molecule has 0 bridgehead atoms. The van der Waals surface area contributed by atoms with Gasteiger partial charge in [-0.2, -0.15) is 0 Å². The average molecular weight is 395 g/mol. The van der Waals surface area contributed by atoms with E-state index in [2.05, 4.69) is 22.1 Å². The number of ether oxygens (including phenoxy) is 1. The fourth-order valence-electron chi connectivity index (χ4n) is 3.55. The zero-order valence-corrected chi connectivity index (χ0v) is 16.5. The topological polar surface area (TPSA) is 73.2 Å². The van der Waals surface area contributed by atoms with Crippen molar-refractivity contribution in [1.82, 2.24) is 14.9 Å². The van der Waals surface area contributed by atoms with E-state index in [1.807, 2.05) is 24.3 Å². The Bertz CT molecular complexity index is 1020. The zero-order valence-electron chi connectivity index (χ0n) is 15.7. The molecule has 28 heavy (non-hydrogen) atoms. The molecular formula is C21H21N3O3S. The van der Waals surface area contributed by atoms with Crippen molar-refractivity contribution in [2.45, 2.75) is 36.9 Å². The Morgan fingerprint density at radius 2 is 2.18 bits per heavy atom. The van der Waals surface area contributed by atoms with Crippen LogP contribution in [0.5, 0.6) is 5.75 Å². The number of fused-ring (bicyclic) bond motifs is 2. The lowest BCUT2D eigenvalue weighted by Crippen LogP contribution is -2.32. The summed E-state index contributed by atoms with van der Waals surface area (Å²) >= 11 is 1.56.